The zero-order chi connectivity index (χ0) is 24.8. The summed E-state index contributed by atoms with van der Waals surface area (Å²) >= 11 is 1.66. The molecule has 3 aromatic heterocycles. The van der Waals surface area contributed by atoms with Crippen molar-refractivity contribution < 1.29 is 9.47 Å². The van der Waals surface area contributed by atoms with Crippen LogP contribution in [0.1, 0.15) is 5.69 Å². The van der Waals surface area contributed by atoms with E-state index in [0.29, 0.717) is 11.5 Å². The van der Waals surface area contributed by atoms with Crippen LogP contribution in [0.4, 0.5) is 5.69 Å². The highest BCUT2D eigenvalue weighted by molar-refractivity contribution is 7.21. The Kier molecular flexibility index (Phi) is 5.30. The SMILES string of the molecule is COc1ccc(-c2ccc3nc(C)c(-c4ccc(-c5nc6cc(N)ccc6s5)cc4)n3n2)cc1OC. The maximum atomic E-state index is 5.92. The molecule has 0 amide bonds. The summed E-state index contributed by atoms with van der Waals surface area (Å²) < 4.78 is 13.9. The zero-order valence-corrected chi connectivity index (χ0v) is 20.8. The lowest BCUT2D eigenvalue weighted by Crippen LogP contribution is -1.98. The molecule has 6 rings (SSSR count). The number of aryl methyl sites for hydroxylation is 1. The summed E-state index contributed by atoms with van der Waals surface area (Å²) in [7, 11) is 3.25. The Morgan fingerprint density at radius 1 is 0.778 bits per heavy atom. The number of nitrogens with two attached hydrogens (primary N) is 1. The van der Waals surface area contributed by atoms with E-state index in [1.807, 2.05) is 60.0 Å². The minimum absolute atomic E-state index is 0.659. The van der Waals surface area contributed by atoms with Gasteiger partial charge in [0, 0.05) is 22.4 Å². The van der Waals surface area contributed by atoms with Crippen LogP contribution in [0.15, 0.2) is 72.8 Å². The van der Waals surface area contributed by atoms with Crippen molar-refractivity contribution in [1.29, 1.82) is 0 Å². The van der Waals surface area contributed by atoms with Crippen LogP contribution in [0.3, 0.4) is 0 Å². The molecule has 0 saturated carbocycles. The molecule has 3 heterocycles. The Balaban J connectivity index is 1.40. The first-order chi connectivity index (χ1) is 17.5. The summed E-state index contributed by atoms with van der Waals surface area (Å²) in [5.74, 6) is 1.34. The monoisotopic (exact) mass is 493 g/mol. The van der Waals surface area contributed by atoms with Crippen molar-refractivity contribution in [2.45, 2.75) is 6.92 Å². The molecule has 0 atom stereocenters. The number of fused-ring (bicyclic) bond motifs is 2. The van der Waals surface area contributed by atoms with Gasteiger partial charge in [-0.15, -0.1) is 11.3 Å². The van der Waals surface area contributed by atoms with Gasteiger partial charge < -0.3 is 15.2 Å². The quantitative estimate of drug-likeness (QED) is 0.286. The van der Waals surface area contributed by atoms with Crippen molar-refractivity contribution in [1.82, 2.24) is 19.6 Å². The second kappa shape index (κ2) is 8.66. The first-order valence-corrected chi connectivity index (χ1v) is 12.2. The molecule has 0 radical (unpaired) electrons. The van der Waals surface area contributed by atoms with Gasteiger partial charge >= 0.3 is 0 Å². The van der Waals surface area contributed by atoms with Crippen molar-refractivity contribution >= 4 is 32.9 Å². The smallest absolute Gasteiger partial charge is 0.161 e. The van der Waals surface area contributed by atoms with E-state index in [0.717, 1.165) is 60.3 Å². The topological polar surface area (TPSA) is 87.6 Å². The molecule has 0 aliphatic rings. The largest absolute Gasteiger partial charge is 0.493 e. The van der Waals surface area contributed by atoms with Gasteiger partial charge in [0.2, 0.25) is 0 Å². The molecule has 0 aliphatic heterocycles. The Labute approximate surface area is 211 Å². The van der Waals surface area contributed by atoms with Gasteiger partial charge in [-0.3, -0.25) is 0 Å². The Hall–Kier alpha value is -4.43. The number of hydrogen-bond acceptors (Lipinski definition) is 7. The summed E-state index contributed by atoms with van der Waals surface area (Å²) in [5.41, 5.74) is 14.1. The van der Waals surface area contributed by atoms with Crippen LogP contribution in [0.2, 0.25) is 0 Å². The van der Waals surface area contributed by atoms with E-state index >= 15 is 0 Å². The minimum atomic E-state index is 0.659. The van der Waals surface area contributed by atoms with Crippen LogP contribution in [0.25, 0.3) is 48.9 Å². The summed E-state index contributed by atoms with van der Waals surface area (Å²) in [5, 5.41) is 5.89. The molecule has 178 valence electrons. The van der Waals surface area contributed by atoms with Gasteiger partial charge in [-0.1, -0.05) is 24.3 Å². The molecule has 7 nitrogen and oxygen atoms in total. The van der Waals surface area contributed by atoms with E-state index < -0.39 is 0 Å². The summed E-state index contributed by atoms with van der Waals surface area (Å²) in [6, 6.07) is 23.9. The van der Waals surface area contributed by atoms with Crippen LogP contribution in [0, 0.1) is 6.92 Å². The summed E-state index contributed by atoms with van der Waals surface area (Å²) in [4.78, 5) is 9.50. The van der Waals surface area contributed by atoms with Gasteiger partial charge in [0.15, 0.2) is 17.1 Å². The molecular weight excluding hydrogens is 470 g/mol. The fourth-order valence-electron chi connectivity index (χ4n) is 4.36. The number of anilines is 1. The van der Waals surface area contributed by atoms with Crippen molar-refractivity contribution in [2.24, 2.45) is 0 Å². The molecule has 0 bridgehead atoms. The molecule has 0 fully saturated rings. The standard InChI is InChI=1S/C28H23N5O2S/c1-16-27(17-4-6-18(7-5-17)28-31-22-15-20(29)9-12-25(22)36-28)33-26(30-16)13-10-21(32-33)19-8-11-23(34-2)24(14-19)35-3/h4-15H,29H2,1-3H3. The first-order valence-electron chi connectivity index (χ1n) is 11.4. The van der Waals surface area contributed by atoms with Crippen molar-refractivity contribution in [2.75, 3.05) is 20.0 Å². The van der Waals surface area contributed by atoms with E-state index in [4.69, 9.17) is 30.3 Å². The number of hydrogen-bond donors (Lipinski definition) is 1. The highest BCUT2D eigenvalue weighted by atomic mass is 32.1. The van der Waals surface area contributed by atoms with Crippen molar-refractivity contribution in [3.05, 3.63) is 78.5 Å². The van der Waals surface area contributed by atoms with Crippen LogP contribution in [-0.4, -0.2) is 33.8 Å². The normalized spacial score (nSPS) is 11.3. The predicted molar refractivity (Wildman–Crippen MR) is 145 cm³/mol. The minimum Gasteiger partial charge on any atom is -0.493 e. The fourth-order valence-corrected chi connectivity index (χ4v) is 5.31. The number of imidazole rings is 1. The van der Waals surface area contributed by atoms with E-state index in [2.05, 4.69) is 24.3 Å². The van der Waals surface area contributed by atoms with Crippen molar-refractivity contribution in [3.63, 3.8) is 0 Å². The van der Waals surface area contributed by atoms with Gasteiger partial charge in [-0.05, 0) is 55.5 Å². The molecule has 0 saturated heterocycles. The second-order valence-corrected chi connectivity index (χ2v) is 9.46. The molecule has 36 heavy (non-hydrogen) atoms. The van der Waals surface area contributed by atoms with Crippen molar-refractivity contribution in [3.8, 4) is 44.6 Å². The summed E-state index contributed by atoms with van der Waals surface area (Å²) in [6.07, 6.45) is 0. The van der Waals surface area contributed by atoms with Gasteiger partial charge in [0.1, 0.15) is 5.01 Å². The average molecular weight is 494 g/mol. The van der Waals surface area contributed by atoms with Crippen LogP contribution in [-0.2, 0) is 0 Å². The van der Waals surface area contributed by atoms with E-state index in [-0.39, 0.29) is 0 Å². The molecule has 3 aromatic carbocycles. The highest BCUT2D eigenvalue weighted by Crippen LogP contribution is 2.34. The number of rotatable bonds is 5. The molecule has 8 heteroatoms. The maximum Gasteiger partial charge on any atom is 0.161 e. The third-order valence-electron chi connectivity index (χ3n) is 6.15. The molecule has 0 unspecified atom stereocenters. The fraction of sp³-hybridized carbons (Fsp3) is 0.107. The lowest BCUT2D eigenvalue weighted by atomic mass is 10.1. The molecule has 6 aromatic rings. The van der Waals surface area contributed by atoms with E-state index in [1.165, 1.54) is 0 Å². The molecule has 0 spiro atoms. The van der Waals surface area contributed by atoms with Crippen LogP contribution in [0.5, 0.6) is 11.5 Å². The Morgan fingerprint density at radius 3 is 2.31 bits per heavy atom. The van der Waals surface area contributed by atoms with E-state index in [9.17, 15) is 0 Å². The third-order valence-corrected chi connectivity index (χ3v) is 7.23. The second-order valence-electron chi connectivity index (χ2n) is 8.43. The number of aromatic nitrogens is 4. The van der Waals surface area contributed by atoms with Gasteiger partial charge in [0.25, 0.3) is 0 Å². The number of methoxy groups -OCH3 is 2. The average Bonchev–Trinajstić information content (AvgIpc) is 3.47. The Morgan fingerprint density at radius 2 is 1.53 bits per heavy atom. The van der Waals surface area contributed by atoms with Gasteiger partial charge in [-0.25, -0.2) is 14.5 Å². The van der Waals surface area contributed by atoms with Gasteiger partial charge in [-0.2, -0.15) is 5.10 Å². The number of nitrogens with zero attached hydrogens (tertiary/aromatic N) is 4. The maximum absolute atomic E-state index is 5.92. The molecule has 0 aliphatic carbocycles. The molecule has 2 N–H and O–H groups in total. The zero-order valence-electron chi connectivity index (χ0n) is 20.0. The van der Waals surface area contributed by atoms with Crippen LogP contribution >= 0.6 is 11.3 Å². The first kappa shape index (κ1) is 22.1. The number of benzene rings is 3. The molecular formula is C28H23N5O2S. The third kappa shape index (κ3) is 3.72. The number of nitrogen functional groups attached to an aromatic ring is 1. The highest BCUT2D eigenvalue weighted by Gasteiger charge is 2.15. The lowest BCUT2D eigenvalue weighted by molar-refractivity contribution is 0.355. The van der Waals surface area contributed by atoms with E-state index in [1.54, 1.807) is 25.6 Å². The number of ether oxygens (including phenoxy) is 2. The lowest BCUT2D eigenvalue weighted by Gasteiger charge is -2.10. The number of thiazole rings is 1. The predicted octanol–water partition coefficient (Wildman–Crippen LogP) is 6.25. The van der Waals surface area contributed by atoms with Gasteiger partial charge in [0.05, 0.1) is 41.5 Å². The summed E-state index contributed by atoms with van der Waals surface area (Å²) in [6.45, 7) is 2.01. The Bertz CT molecular complexity index is 1740. The van der Waals surface area contributed by atoms with Crippen LogP contribution < -0.4 is 15.2 Å².